The quantitative estimate of drug-likeness (QED) is 0.414. The first-order valence-corrected chi connectivity index (χ1v) is 12.1. The topological polar surface area (TPSA) is 58.6 Å². The van der Waals surface area contributed by atoms with Crippen molar-refractivity contribution in [1.82, 2.24) is 10.2 Å². The van der Waals surface area contributed by atoms with Crippen molar-refractivity contribution in [3.8, 4) is 5.75 Å². The molecule has 0 fully saturated rings. The van der Waals surface area contributed by atoms with E-state index in [0.29, 0.717) is 25.3 Å². The number of unbranched alkanes of at least 4 members (excludes halogenated alkanes) is 1. The highest BCUT2D eigenvalue weighted by molar-refractivity contribution is 9.10. The Hall–Kier alpha value is -2.34. The molecular weight excluding hydrogens is 468 g/mol. The van der Waals surface area contributed by atoms with Gasteiger partial charge in [-0.15, -0.1) is 0 Å². The van der Waals surface area contributed by atoms with Gasteiger partial charge in [0.2, 0.25) is 5.91 Å². The number of benzene rings is 2. The lowest BCUT2D eigenvalue weighted by Crippen LogP contribution is -2.50. The van der Waals surface area contributed by atoms with Gasteiger partial charge in [-0.2, -0.15) is 0 Å². The molecule has 0 heterocycles. The highest BCUT2D eigenvalue weighted by Crippen LogP contribution is 2.26. The molecule has 5 nitrogen and oxygen atoms in total. The van der Waals surface area contributed by atoms with Gasteiger partial charge in [-0.1, -0.05) is 66.0 Å². The van der Waals surface area contributed by atoms with Crippen LogP contribution in [0.1, 0.15) is 55.4 Å². The molecule has 0 radical (unpaired) electrons. The summed E-state index contributed by atoms with van der Waals surface area (Å²) in [6.45, 7) is 10.9. The van der Waals surface area contributed by atoms with Gasteiger partial charge in [-0.25, -0.2) is 0 Å². The van der Waals surface area contributed by atoms with Crippen LogP contribution < -0.4 is 10.1 Å². The van der Waals surface area contributed by atoms with Crippen molar-refractivity contribution in [2.24, 2.45) is 0 Å². The average molecular weight is 503 g/mol. The molecule has 2 amide bonds. The summed E-state index contributed by atoms with van der Waals surface area (Å²) in [5.74, 6) is 0.326. The third kappa shape index (κ3) is 7.37. The van der Waals surface area contributed by atoms with Crippen molar-refractivity contribution in [1.29, 1.82) is 0 Å². The molecule has 0 spiro atoms. The van der Waals surface area contributed by atoms with Gasteiger partial charge >= 0.3 is 0 Å². The number of nitrogens with one attached hydrogen (secondary N) is 1. The van der Waals surface area contributed by atoms with Crippen LogP contribution in [0.2, 0.25) is 0 Å². The van der Waals surface area contributed by atoms with Crippen molar-refractivity contribution >= 4 is 27.7 Å². The summed E-state index contributed by atoms with van der Waals surface area (Å²) in [6, 6.07) is 11.3. The van der Waals surface area contributed by atoms with E-state index in [1.807, 2.05) is 64.1 Å². The predicted molar refractivity (Wildman–Crippen MR) is 133 cm³/mol. The van der Waals surface area contributed by atoms with E-state index in [0.717, 1.165) is 39.6 Å². The molecule has 0 aliphatic rings. The summed E-state index contributed by atoms with van der Waals surface area (Å²) in [5.41, 5.74) is 4.21. The summed E-state index contributed by atoms with van der Waals surface area (Å²) in [4.78, 5) is 27.8. The highest BCUT2D eigenvalue weighted by atomic mass is 79.9. The Morgan fingerprint density at radius 3 is 2.38 bits per heavy atom. The maximum Gasteiger partial charge on any atom is 0.261 e. The van der Waals surface area contributed by atoms with Crippen LogP contribution in [0, 0.1) is 20.8 Å². The smallest absolute Gasteiger partial charge is 0.261 e. The number of nitrogens with zero attached hydrogens (tertiary/aromatic N) is 1. The number of aryl methyl sites for hydroxylation is 3. The van der Waals surface area contributed by atoms with Crippen LogP contribution in [0.5, 0.6) is 5.75 Å². The van der Waals surface area contributed by atoms with Crippen LogP contribution in [-0.4, -0.2) is 35.9 Å². The second kappa shape index (κ2) is 12.6. The van der Waals surface area contributed by atoms with Crippen LogP contribution in [-0.2, 0) is 16.1 Å². The van der Waals surface area contributed by atoms with Crippen molar-refractivity contribution in [3.05, 3.63) is 63.1 Å². The van der Waals surface area contributed by atoms with Crippen molar-refractivity contribution < 1.29 is 14.3 Å². The third-order valence-corrected chi connectivity index (χ3v) is 6.67. The number of rotatable bonds is 11. The van der Waals surface area contributed by atoms with Crippen molar-refractivity contribution in [2.75, 3.05) is 13.2 Å². The lowest BCUT2D eigenvalue weighted by Gasteiger charge is -2.30. The predicted octanol–water partition coefficient (Wildman–Crippen LogP) is 5.48. The molecule has 6 heteroatoms. The van der Waals surface area contributed by atoms with Gasteiger partial charge in [0.25, 0.3) is 5.91 Å². The second-order valence-electron chi connectivity index (χ2n) is 8.24. The molecule has 0 saturated carbocycles. The third-order valence-electron chi connectivity index (χ3n) is 5.42. The summed E-state index contributed by atoms with van der Waals surface area (Å²) in [7, 11) is 0. The monoisotopic (exact) mass is 502 g/mol. The highest BCUT2D eigenvalue weighted by Gasteiger charge is 2.28. The first-order valence-electron chi connectivity index (χ1n) is 11.3. The fourth-order valence-electron chi connectivity index (χ4n) is 3.65. The van der Waals surface area contributed by atoms with Gasteiger partial charge in [0.05, 0.1) is 0 Å². The van der Waals surface area contributed by atoms with Crippen LogP contribution >= 0.6 is 15.9 Å². The fraction of sp³-hybridized carbons (Fsp3) is 0.462. The summed E-state index contributed by atoms with van der Waals surface area (Å²) < 4.78 is 6.89. The standard InChI is InChI=1S/C26H35BrN2O3/c1-6-8-12-28-26(31)23(7-2)29(16-21-11-9-10-18(3)13-21)24(30)17-32-22-14-19(4)25(27)20(5)15-22/h9-11,13-15,23H,6-8,12,16-17H2,1-5H3,(H,28,31). The minimum Gasteiger partial charge on any atom is -0.484 e. The zero-order valence-electron chi connectivity index (χ0n) is 19.8. The Kier molecular flexibility index (Phi) is 10.2. The molecular formula is C26H35BrN2O3. The number of hydrogen-bond acceptors (Lipinski definition) is 3. The lowest BCUT2D eigenvalue weighted by atomic mass is 10.1. The number of carbonyl (C=O) groups excluding carboxylic acids is 2. The molecule has 2 aromatic rings. The number of halogens is 1. The Labute approximate surface area is 200 Å². The van der Waals surface area contributed by atoms with Gasteiger partial charge in [0.1, 0.15) is 11.8 Å². The van der Waals surface area contributed by atoms with Crippen LogP contribution in [0.15, 0.2) is 40.9 Å². The van der Waals surface area contributed by atoms with Gasteiger partial charge in [-0.3, -0.25) is 9.59 Å². The molecule has 1 atom stereocenters. The SMILES string of the molecule is CCCCNC(=O)C(CC)N(Cc1cccc(C)c1)C(=O)COc1cc(C)c(Br)c(C)c1. The van der Waals surface area contributed by atoms with E-state index in [1.54, 1.807) is 4.90 Å². The number of carbonyl (C=O) groups is 2. The maximum absolute atomic E-state index is 13.3. The molecule has 2 rings (SSSR count). The molecule has 1 N–H and O–H groups in total. The van der Waals surface area contributed by atoms with Crippen molar-refractivity contribution in [2.45, 2.75) is 66.5 Å². The average Bonchev–Trinajstić information content (AvgIpc) is 2.75. The van der Waals surface area contributed by atoms with Crippen molar-refractivity contribution in [3.63, 3.8) is 0 Å². The molecule has 0 aliphatic carbocycles. The largest absolute Gasteiger partial charge is 0.484 e. The van der Waals surface area contributed by atoms with Gasteiger partial charge in [-0.05, 0) is 62.4 Å². The van der Waals surface area contributed by atoms with E-state index in [9.17, 15) is 9.59 Å². The summed E-state index contributed by atoms with van der Waals surface area (Å²) >= 11 is 3.55. The Morgan fingerprint density at radius 2 is 1.78 bits per heavy atom. The van der Waals surface area contributed by atoms with E-state index < -0.39 is 6.04 Å². The number of ether oxygens (including phenoxy) is 1. The number of hydrogen-bond donors (Lipinski definition) is 1. The molecule has 2 aromatic carbocycles. The van der Waals surface area contributed by atoms with E-state index >= 15 is 0 Å². The van der Waals surface area contributed by atoms with E-state index in [2.05, 4.69) is 28.2 Å². The van der Waals surface area contributed by atoms with Gasteiger partial charge in [0, 0.05) is 17.6 Å². The molecule has 0 aliphatic heterocycles. The summed E-state index contributed by atoms with van der Waals surface area (Å²) in [6.07, 6.45) is 2.45. The van der Waals surface area contributed by atoms with E-state index in [-0.39, 0.29) is 18.4 Å². The second-order valence-corrected chi connectivity index (χ2v) is 9.03. The minimum atomic E-state index is -0.545. The molecule has 174 valence electrons. The molecule has 32 heavy (non-hydrogen) atoms. The Bertz CT molecular complexity index is 906. The van der Waals surface area contributed by atoms with Gasteiger partial charge < -0.3 is 15.0 Å². The minimum absolute atomic E-state index is 0.114. The van der Waals surface area contributed by atoms with Crippen LogP contribution in [0.3, 0.4) is 0 Å². The van der Waals surface area contributed by atoms with Crippen LogP contribution in [0.4, 0.5) is 0 Å². The normalized spacial score (nSPS) is 11.7. The first-order chi connectivity index (χ1) is 15.3. The van der Waals surface area contributed by atoms with E-state index in [1.165, 1.54) is 0 Å². The maximum atomic E-state index is 13.3. The summed E-state index contributed by atoms with van der Waals surface area (Å²) in [5, 5.41) is 2.98. The number of amides is 2. The Balaban J connectivity index is 2.21. The zero-order valence-corrected chi connectivity index (χ0v) is 21.4. The molecule has 0 saturated heterocycles. The van der Waals surface area contributed by atoms with Crippen LogP contribution in [0.25, 0.3) is 0 Å². The lowest BCUT2D eigenvalue weighted by molar-refractivity contribution is -0.143. The zero-order chi connectivity index (χ0) is 23.7. The fourth-order valence-corrected chi connectivity index (χ4v) is 3.88. The van der Waals surface area contributed by atoms with Gasteiger partial charge in [0.15, 0.2) is 6.61 Å². The molecule has 1 unspecified atom stereocenters. The molecule has 0 aromatic heterocycles. The first kappa shape index (κ1) is 25.9. The van der Waals surface area contributed by atoms with E-state index in [4.69, 9.17) is 4.74 Å². The Morgan fingerprint density at radius 1 is 1.09 bits per heavy atom. The molecule has 0 bridgehead atoms.